The topological polar surface area (TPSA) is 59.5 Å². The van der Waals surface area contributed by atoms with Crippen LogP contribution in [0, 0.1) is 6.92 Å². The van der Waals surface area contributed by atoms with Gasteiger partial charge in [0, 0.05) is 5.56 Å². The zero-order chi connectivity index (χ0) is 18.3. The van der Waals surface area contributed by atoms with Gasteiger partial charge in [0.2, 0.25) is 0 Å². The maximum Gasteiger partial charge on any atom is 0.267 e. The van der Waals surface area contributed by atoms with E-state index in [1.165, 1.54) is 0 Å². The number of fused-ring (bicyclic) bond motifs is 1. The molecular formula is C21H16N2O3. The van der Waals surface area contributed by atoms with E-state index in [0.717, 1.165) is 16.0 Å². The molecule has 2 aromatic carbocycles. The molecule has 0 saturated carbocycles. The Bertz CT molecular complexity index is 1010. The van der Waals surface area contributed by atoms with E-state index < -0.39 is 0 Å². The average molecular weight is 344 g/mol. The largest absolute Gasteiger partial charge is 0.496 e. The van der Waals surface area contributed by atoms with Crippen LogP contribution in [0.3, 0.4) is 0 Å². The average Bonchev–Trinajstić information content (AvgIpc) is 2.93. The van der Waals surface area contributed by atoms with Crippen LogP contribution in [-0.2, 0) is 0 Å². The summed E-state index contributed by atoms with van der Waals surface area (Å²) in [5, 5.41) is 0. The molecule has 0 fully saturated rings. The molecular weight excluding hydrogens is 328 g/mol. The number of carbonyl (C=O) groups is 2. The highest BCUT2D eigenvalue weighted by atomic mass is 16.5. The van der Waals surface area contributed by atoms with Crippen molar-refractivity contribution in [3.8, 4) is 17.0 Å². The Balaban J connectivity index is 1.79. The normalized spacial score (nSPS) is 13.1. The lowest BCUT2D eigenvalue weighted by Crippen LogP contribution is -2.30. The van der Waals surface area contributed by atoms with Crippen molar-refractivity contribution in [3.05, 3.63) is 77.4 Å². The number of aromatic nitrogens is 1. The highest BCUT2D eigenvalue weighted by molar-refractivity contribution is 6.34. The van der Waals surface area contributed by atoms with Crippen LogP contribution in [0.5, 0.6) is 5.75 Å². The maximum absolute atomic E-state index is 12.7. The number of pyridine rings is 1. The molecule has 0 N–H and O–H groups in total. The van der Waals surface area contributed by atoms with E-state index in [4.69, 9.17) is 4.74 Å². The lowest BCUT2D eigenvalue weighted by Gasteiger charge is -2.15. The Morgan fingerprint density at radius 1 is 0.846 bits per heavy atom. The summed E-state index contributed by atoms with van der Waals surface area (Å²) >= 11 is 0. The first-order chi connectivity index (χ1) is 12.6. The second-order valence-corrected chi connectivity index (χ2v) is 6.08. The van der Waals surface area contributed by atoms with E-state index in [9.17, 15) is 9.59 Å². The minimum atomic E-state index is -0.355. The monoisotopic (exact) mass is 344 g/mol. The molecule has 0 radical (unpaired) electrons. The number of aryl methyl sites for hydroxylation is 1. The molecule has 0 aliphatic carbocycles. The van der Waals surface area contributed by atoms with E-state index in [2.05, 4.69) is 4.98 Å². The van der Waals surface area contributed by atoms with Gasteiger partial charge in [-0.3, -0.25) is 9.59 Å². The second-order valence-electron chi connectivity index (χ2n) is 6.08. The quantitative estimate of drug-likeness (QED) is 0.677. The summed E-state index contributed by atoms with van der Waals surface area (Å²) in [7, 11) is 1.60. The molecule has 0 spiro atoms. The highest BCUT2D eigenvalue weighted by Gasteiger charge is 2.37. The van der Waals surface area contributed by atoms with Crippen molar-refractivity contribution in [2.75, 3.05) is 12.0 Å². The standard InChI is InChI=1S/C21H16N2O3/c1-13-10-11-16(18(12-13)26-2)17-8-5-9-19(22-17)23-20(24)14-6-3-4-7-15(14)21(23)25/h3-12H,1-2H3. The number of anilines is 1. The molecule has 0 unspecified atom stereocenters. The maximum atomic E-state index is 12.7. The fourth-order valence-corrected chi connectivity index (χ4v) is 3.11. The minimum Gasteiger partial charge on any atom is -0.496 e. The van der Waals surface area contributed by atoms with Gasteiger partial charge in [-0.25, -0.2) is 9.88 Å². The zero-order valence-electron chi connectivity index (χ0n) is 14.4. The highest BCUT2D eigenvalue weighted by Crippen LogP contribution is 2.32. The molecule has 0 saturated heterocycles. The molecule has 5 nitrogen and oxygen atoms in total. The van der Waals surface area contributed by atoms with E-state index in [0.29, 0.717) is 28.4 Å². The van der Waals surface area contributed by atoms with Gasteiger partial charge in [0.25, 0.3) is 11.8 Å². The predicted octanol–water partition coefficient (Wildman–Crippen LogP) is 3.87. The van der Waals surface area contributed by atoms with E-state index in [-0.39, 0.29) is 11.8 Å². The second kappa shape index (κ2) is 6.11. The summed E-state index contributed by atoms with van der Waals surface area (Å²) < 4.78 is 5.45. The molecule has 3 aromatic rings. The Hall–Kier alpha value is -3.47. The molecule has 1 aliphatic heterocycles. The Morgan fingerprint density at radius 2 is 1.54 bits per heavy atom. The van der Waals surface area contributed by atoms with Crippen molar-refractivity contribution in [3.63, 3.8) is 0 Å². The van der Waals surface area contributed by atoms with Gasteiger partial charge in [0.1, 0.15) is 11.6 Å². The van der Waals surface area contributed by atoms with Crippen LogP contribution in [0.2, 0.25) is 0 Å². The number of methoxy groups -OCH3 is 1. The van der Waals surface area contributed by atoms with E-state index in [1.807, 2.05) is 31.2 Å². The fraction of sp³-hybridized carbons (Fsp3) is 0.0952. The third-order valence-electron chi connectivity index (χ3n) is 4.39. The summed E-state index contributed by atoms with van der Waals surface area (Å²) in [5.41, 5.74) is 3.31. The summed E-state index contributed by atoms with van der Waals surface area (Å²) in [4.78, 5) is 31.0. The van der Waals surface area contributed by atoms with Crippen LogP contribution in [0.1, 0.15) is 26.3 Å². The van der Waals surface area contributed by atoms with Crippen molar-refractivity contribution in [2.24, 2.45) is 0 Å². The molecule has 0 atom stereocenters. The number of hydrogen-bond donors (Lipinski definition) is 0. The van der Waals surface area contributed by atoms with Crippen LogP contribution in [0.15, 0.2) is 60.7 Å². The van der Waals surface area contributed by atoms with Crippen LogP contribution < -0.4 is 9.64 Å². The SMILES string of the molecule is COc1cc(C)ccc1-c1cccc(N2C(=O)c3ccccc3C2=O)n1. The number of amides is 2. The van der Waals surface area contributed by atoms with E-state index in [1.54, 1.807) is 43.5 Å². The van der Waals surface area contributed by atoms with Crippen molar-refractivity contribution >= 4 is 17.6 Å². The third kappa shape index (κ3) is 2.45. The van der Waals surface area contributed by atoms with Crippen LogP contribution in [0.25, 0.3) is 11.3 Å². The molecule has 26 heavy (non-hydrogen) atoms. The number of benzene rings is 2. The van der Waals surface area contributed by atoms with Gasteiger partial charge in [0.15, 0.2) is 0 Å². The Morgan fingerprint density at radius 3 is 2.19 bits per heavy atom. The number of imide groups is 1. The van der Waals surface area contributed by atoms with Gasteiger partial charge in [-0.05, 0) is 48.9 Å². The zero-order valence-corrected chi connectivity index (χ0v) is 14.4. The van der Waals surface area contributed by atoms with Crippen molar-refractivity contribution < 1.29 is 14.3 Å². The van der Waals surface area contributed by atoms with Gasteiger partial charge in [-0.15, -0.1) is 0 Å². The number of carbonyl (C=O) groups excluding carboxylic acids is 2. The lowest BCUT2D eigenvalue weighted by molar-refractivity contribution is 0.0925. The van der Waals surface area contributed by atoms with Crippen LogP contribution in [-0.4, -0.2) is 23.9 Å². The summed E-state index contributed by atoms with van der Waals surface area (Å²) in [5.74, 6) is 0.283. The summed E-state index contributed by atoms with van der Waals surface area (Å²) in [6, 6.07) is 17.9. The fourth-order valence-electron chi connectivity index (χ4n) is 3.11. The minimum absolute atomic E-state index is 0.302. The molecule has 128 valence electrons. The number of ether oxygens (including phenoxy) is 1. The van der Waals surface area contributed by atoms with Crippen LogP contribution in [0.4, 0.5) is 5.82 Å². The molecule has 2 amide bonds. The Labute approximate surface area is 150 Å². The number of nitrogens with zero attached hydrogens (tertiary/aromatic N) is 2. The first-order valence-corrected chi connectivity index (χ1v) is 8.20. The van der Waals surface area contributed by atoms with Gasteiger partial charge >= 0.3 is 0 Å². The third-order valence-corrected chi connectivity index (χ3v) is 4.39. The molecule has 1 aromatic heterocycles. The predicted molar refractivity (Wildman–Crippen MR) is 98.5 cm³/mol. The Kier molecular flexibility index (Phi) is 3.77. The molecule has 4 rings (SSSR count). The number of rotatable bonds is 3. The first kappa shape index (κ1) is 16.0. The lowest BCUT2D eigenvalue weighted by atomic mass is 10.1. The molecule has 2 heterocycles. The van der Waals surface area contributed by atoms with Gasteiger partial charge in [-0.2, -0.15) is 0 Å². The van der Waals surface area contributed by atoms with Crippen molar-refractivity contribution in [1.29, 1.82) is 0 Å². The summed E-state index contributed by atoms with van der Waals surface area (Å²) in [6.45, 7) is 1.98. The van der Waals surface area contributed by atoms with Gasteiger partial charge in [-0.1, -0.05) is 24.3 Å². The van der Waals surface area contributed by atoms with Crippen molar-refractivity contribution in [2.45, 2.75) is 6.92 Å². The van der Waals surface area contributed by atoms with E-state index >= 15 is 0 Å². The summed E-state index contributed by atoms with van der Waals surface area (Å²) in [6.07, 6.45) is 0. The molecule has 0 bridgehead atoms. The first-order valence-electron chi connectivity index (χ1n) is 8.20. The van der Waals surface area contributed by atoms with Gasteiger partial charge < -0.3 is 4.74 Å². The van der Waals surface area contributed by atoms with Crippen molar-refractivity contribution in [1.82, 2.24) is 4.98 Å². The number of hydrogen-bond acceptors (Lipinski definition) is 4. The van der Waals surface area contributed by atoms with Crippen LogP contribution >= 0.6 is 0 Å². The smallest absolute Gasteiger partial charge is 0.267 e. The van der Waals surface area contributed by atoms with Gasteiger partial charge in [0.05, 0.1) is 23.9 Å². The molecule has 1 aliphatic rings. The molecule has 5 heteroatoms.